The SMILES string of the molecule is Cc1cc(Cl)c(OCCC[NH2+]Cc2ccccc2)c(Br)c1. The number of hydrogen-bond donors (Lipinski definition) is 1. The summed E-state index contributed by atoms with van der Waals surface area (Å²) in [6, 6.07) is 14.4. The van der Waals surface area contributed by atoms with E-state index in [0.717, 1.165) is 35.3 Å². The molecule has 0 saturated heterocycles. The quantitative estimate of drug-likeness (QED) is 0.735. The van der Waals surface area contributed by atoms with Gasteiger partial charge >= 0.3 is 0 Å². The Balaban J connectivity index is 1.68. The lowest BCUT2D eigenvalue weighted by atomic mass is 10.2. The van der Waals surface area contributed by atoms with E-state index >= 15 is 0 Å². The molecule has 0 amide bonds. The summed E-state index contributed by atoms with van der Waals surface area (Å²) in [6.45, 7) is 4.73. The average Bonchev–Trinajstić information content (AvgIpc) is 2.45. The number of aryl methyl sites for hydroxylation is 1. The fourth-order valence-corrected chi connectivity index (χ4v) is 3.24. The minimum absolute atomic E-state index is 0.662. The summed E-state index contributed by atoms with van der Waals surface area (Å²) < 4.78 is 6.69. The number of nitrogens with two attached hydrogens (primary N) is 1. The molecule has 0 heterocycles. The third-order valence-corrected chi connectivity index (χ3v) is 4.03. The minimum atomic E-state index is 0.662. The van der Waals surface area contributed by atoms with Gasteiger partial charge in [-0.1, -0.05) is 41.9 Å². The van der Waals surface area contributed by atoms with Crippen LogP contribution in [0.4, 0.5) is 0 Å². The predicted octanol–water partition coefficient (Wildman–Crippen LogP) is 3.94. The molecule has 0 atom stereocenters. The van der Waals surface area contributed by atoms with Gasteiger partial charge in [-0.25, -0.2) is 0 Å². The van der Waals surface area contributed by atoms with Gasteiger partial charge in [0.2, 0.25) is 0 Å². The van der Waals surface area contributed by atoms with Gasteiger partial charge in [0.1, 0.15) is 6.54 Å². The highest BCUT2D eigenvalue weighted by Gasteiger charge is 2.07. The van der Waals surface area contributed by atoms with Crippen molar-refractivity contribution in [2.75, 3.05) is 13.2 Å². The van der Waals surface area contributed by atoms with Crippen LogP contribution in [0.15, 0.2) is 46.9 Å². The van der Waals surface area contributed by atoms with Crippen molar-refractivity contribution in [3.8, 4) is 5.75 Å². The first-order valence-corrected chi connectivity index (χ1v) is 8.28. The molecule has 2 nitrogen and oxygen atoms in total. The maximum Gasteiger partial charge on any atom is 0.152 e. The Morgan fingerprint density at radius 1 is 1.19 bits per heavy atom. The Morgan fingerprint density at radius 3 is 2.67 bits per heavy atom. The van der Waals surface area contributed by atoms with E-state index < -0.39 is 0 Å². The van der Waals surface area contributed by atoms with E-state index in [1.54, 1.807) is 0 Å². The second-order valence-electron chi connectivity index (χ2n) is 5.03. The van der Waals surface area contributed by atoms with Gasteiger partial charge in [-0.2, -0.15) is 0 Å². The van der Waals surface area contributed by atoms with Crippen molar-refractivity contribution in [2.24, 2.45) is 0 Å². The normalized spacial score (nSPS) is 10.6. The second kappa shape index (κ2) is 8.42. The zero-order valence-corrected chi connectivity index (χ0v) is 14.5. The lowest BCUT2D eigenvalue weighted by Crippen LogP contribution is -2.82. The van der Waals surface area contributed by atoms with Gasteiger partial charge in [-0.05, 0) is 40.5 Å². The Morgan fingerprint density at radius 2 is 1.95 bits per heavy atom. The van der Waals surface area contributed by atoms with Gasteiger partial charge in [-0.3, -0.25) is 0 Å². The van der Waals surface area contributed by atoms with E-state index in [1.165, 1.54) is 5.56 Å². The molecule has 0 unspecified atom stereocenters. The van der Waals surface area contributed by atoms with Gasteiger partial charge in [0, 0.05) is 12.0 Å². The molecule has 2 aromatic rings. The van der Waals surface area contributed by atoms with Crippen molar-refractivity contribution >= 4 is 27.5 Å². The summed E-state index contributed by atoms with van der Waals surface area (Å²) in [5.41, 5.74) is 2.47. The van der Waals surface area contributed by atoms with Crippen LogP contribution in [-0.4, -0.2) is 13.2 Å². The summed E-state index contributed by atoms with van der Waals surface area (Å²) in [5, 5.41) is 2.96. The van der Waals surface area contributed by atoms with E-state index in [2.05, 4.69) is 45.5 Å². The van der Waals surface area contributed by atoms with Crippen molar-refractivity contribution in [3.05, 3.63) is 63.1 Å². The number of benzene rings is 2. The Labute approximate surface area is 139 Å². The third-order valence-electron chi connectivity index (χ3n) is 3.16. The van der Waals surface area contributed by atoms with Gasteiger partial charge in [0.25, 0.3) is 0 Å². The first kappa shape index (κ1) is 16.3. The molecule has 0 aliphatic heterocycles. The van der Waals surface area contributed by atoms with Crippen LogP contribution in [-0.2, 0) is 6.54 Å². The van der Waals surface area contributed by atoms with Crippen LogP contribution >= 0.6 is 27.5 Å². The molecule has 2 aromatic carbocycles. The van der Waals surface area contributed by atoms with Crippen molar-refractivity contribution in [1.29, 1.82) is 0 Å². The molecule has 0 aromatic heterocycles. The smallest absolute Gasteiger partial charge is 0.152 e. The lowest BCUT2D eigenvalue weighted by molar-refractivity contribution is -0.671. The highest BCUT2D eigenvalue weighted by molar-refractivity contribution is 9.10. The van der Waals surface area contributed by atoms with Crippen molar-refractivity contribution < 1.29 is 10.1 Å². The van der Waals surface area contributed by atoms with Crippen molar-refractivity contribution in [2.45, 2.75) is 19.9 Å². The van der Waals surface area contributed by atoms with Gasteiger partial charge in [0.05, 0.1) is 22.6 Å². The van der Waals surface area contributed by atoms with E-state index in [9.17, 15) is 0 Å². The van der Waals surface area contributed by atoms with E-state index in [-0.39, 0.29) is 0 Å². The molecular weight excluding hydrogens is 350 g/mol. The molecule has 112 valence electrons. The molecule has 0 saturated carbocycles. The van der Waals surface area contributed by atoms with E-state index in [4.69, 9.17) is 16.3 Å². The van der Waals surface area contributed by atoms with E-state index in [1.807, 2.05) is 25.1 Å². The van der Waals surface area contributed by atoms with Crippen LogP contribution in [0.3, 0.4) is 0 Å². The van der Waals surface area contributed by atoms with Crippen LogP contribution < -0.4 is 10.1 Å². The highest BCUT2D eigenvalue weighted by atomic mass is 79.9. The molecule has 0 bridgehead atoms. The molecule has 2 N–H and O–H groups in total. The zero-order valence-electron chi connectivity index (χ0n) is 12.1. The standard InChI is InChI=1S/C17H19BrClNO/c1-13-10-15(18)17(16(19)11-13)21-9-5-8-20-12-14-6-3-2-4-7-14/h2-4,6-7,10-11,20H,5,8-9,12H2,1H3/p+1. The topological polar surface area (TPSA) is 25.8 Å². The van der Waals surface area contributed by atoms with Crippen LogP contribution in [0, 0.1) is 6.92 Å². The second-order valence-corrected chi connectivity index (χ2v) is 6.29. The predicted molar refractivity (Wildman–Crippen MR) is 90.9 cm³/mol. The molecule has 2 rings (SSSR count). The van der Waals surface area contributed by atoms with Gasteiger partial charge in [0.15, 0.2) is 5.75 Å². The molecule has 0 aliphatic rings. The van der Waals surface area contributed by atoms with Crippen LogP contribution in [0.25, 0.3) is 0 Å². The van der Waals surface area contributed by atoms with Crippen LogP contribution in [0.5, 0.6) is 5.75 Å². The minimum Gasteiger partial charge on any atom is -0.491 e. The monoisotopic (exact) mass is 368 g/mol. The third kappa shape index (κ3) is 5.34. The molecule has 0 radical (unpaired) electrons. The lowest BCUT2D eigenvalue weighted by Gasteiger charge is -2.10. The molecule has 0 fully saturated rings. The molecular formula is C17H20BrClNO+. The number of rotatable bonds is 7. The number of hydrogen-bond acceptors (Lipinski definition) is 1. The highest BCUT2D eigenvalue weighted by Crippen LogP contribution is 2.34. The largest absolute Gasteiger partial charge is 0.491 e. The zero-order chi connectivity index (χ0) is 15.1. The first-order valence-electron chi connectivity index (χ1n) is 7.11. The Bertz CT molecular complexity index is 551. The molecule has 4 heteroatoms. The summed E-state index contributed by atoms with van der Waals surface area (Å²) in [5.74, 6) is 0.741. The fraction of sp³-hybridized carbons (Fsp3) is 0.294. The summed E-state index contributed by atoms with van der Waals surface area (Å²) in [7, 11) is 0. The van der Waals surface area contributed by atoms with E-state index in [0.29, 0.717) is 11.6 Å². The average molecular weight is 370 g/mol. The van der Waals surface area contributed by atoms with Gasteiger partial charge < -0.3 is 10.1 Å². The molecule has 21 heavy (non-hydrogen) atoms. The summed E-state index contributed by atoms with van der Waals surface area (Å²) in [4.78, 5) is 0. The van der Waals surface area contributed by atoms with Crippen molar-refractivity contribution in [1.82, 2.24) is 0 Å². The maximum absolute atomic E-state index is 6.19. The summed E-state index contributed by atoms with van der Waals surface area (Å²) >= 11 is 9.69. The van der Waals surface area contributed by atoms with Crippen molar-refractivity contribution in [3.63, 3.8) is 0 Å². The first-order chi connectivity index (χ1) is 10.2. The Kier molecular flexibility index (Phi) is 6.55. The van der Waals surface area contributed by atoms with Gasteiger partial charge in [-0.15, -0.1) is 0 Å². The molecule has 0 spiro atoms. The number of halogens is 2. The van der Waals surface area contributed by atoms with Crippen LogP contribution in [0.2, 0.25) is 5.02 Å². The maximum atomic E-state index is 6.19. The van der Waals surface area contributed by atoms with Crippen LogP contribution in [0.1, 0.15) is 17.5 Å². The molecule has 0 aliphatic carbocycles. The Hall–Kier alpha value is -1.03. The summed E-state index contributed by atoms with van der Waals surface area (Å²) in [6.07, 6.45) is 0.990. The number of ether oxygens (including phenoxy) is 1. The number of quaternary nitrogens is 1. The fourth-order valence-electron chi connectivity index (χ4n) is 2.11.